The molecule has 25 heavy (non-hydrogen) atoms. The molecule has 0 bridgehead atoms. The standard InChI is InChI=1S/C20H30N2O3/c1-6-22(7-2)15-10-8-14(9-11-15)21-17(23)16-12-13-20(5,18(24)25)19(16,3)4/h8-11,16H,6-7,12-13H2,1-5H3,(H,21,23)(H,24,25)/t16-,20-/m0/s1. The highest BCUT2D eigenvalue weighted by Gasteiger charge is 2.58. The van der Waals surface area contributed by atoms with Gasteiger partial charge in [0.2, 0.25) is 5.91 Å². The molecule has 2 atom stereocenters. The van der Waals surface area contributed by atoms with E-state index in [1.54, 1.807) is 6.92 Å². The van der Waals surface area contributed by atoms with Crippen LogP contribution in [0.1, 0.15) is 47.5 Å². The zero-order chi connectivity index (χ0) is 18.8. The van der Waals surface area contributed by atoms with Crippen LogP contribution < -0.4 is 10.2 Å². The highest BCUT2D eigenvalue weighted by Crippen LogP contribution is 2.56. The first kappa shape index (κ1) is 19.3. The van der Waals surface area contributed by atoms with Crippen molar-refractivity contribution in [1.29, 1.82) is 0 Å². The maximum absolute atomic E-state index is 12.8. The lowest BCUT2D eigenvalue weighted by molar-refractivity contribution is -0.154. The monoisotopic (exact) mass is 346 g/mol. The van der Waals surface area contributed by atoms with Gasteiger partial charge in [0.25, 0.3) is 0 Å². The average molecular weight is 346 g/mol. The Bertz CT molecular complexity index is 635. The molecule has 0 aliphatic heterocycles. The Morgan fingerprint density at radius 2 is 1.72 bits per heavy atom. The number of nitrogens with one attached hydrogen (secondary N) is 1. The third-order valence-corrected chi connectivity index (χ3v) is 6.28. The largest absolute Gasteiger partial charge is 0.481 e. The summed E-state index contributed by atoms with van der Waals surface area (Å²) in [5.74, 6) is -1.22. The molecule has 2 N–H and O–H groups in total. The summed E-state index contributed by atoms with van der Waals surface area (Å²) in [5.41, 5.74) is 0.411. The molecule has 0 aromatic heterocycles. The third kappa shape index (κ3) is 3.37. The van der Waals surface area contributed by atoms with Gasteiger partial charge in [-0.05, 0) is 63.3 Å². The van der Waals surface area contributed by atoms with Crippen LogP contribution in [0.3, 0.4) is 0 Å². The van der Waals surface area contributed by atoms with E-state index in [4.69, 9.17) is 0 Å². The van der Waals surface area contributed by atoms with Gasteiger partial charge in [-0.3, -0.25) is 9.59 Å². The number of carboxylic acids is 1. The lowest BCUT2D eigenvalue weighted by atomic mass is 9.65. The lowest BCUT2D eigenvalue weighted by Gasteiger charge is -2.37. The fourth-order valence-corrected chi connectivity index (χ4v) is 3.92. The van der Waals surface area contributed by atoms with Gasteiger partial charge in [-0.15, -0.1) is 0 Å². The summed E-state index contributed by atoms with van der Waals surface area (Å²) in [5, 5.41) is 12.6. The van der Waals surface area contributed by atoms with E-state index in [9.17, 15) is 14.7 Å². The number of carboxylic acid groups (broad SMARTS) is 1. The van der Waals surface area contributed by atoms with Gasteiger partial charge in [0.15, 0.2) is 0 Å². The van der Waals surface area contributed by atoms with Crippen LogP contribution in [0.25, 0.3) is 0 Å². The van der Waals surface area contributed by atoms with Crippen LogP contribution in [0.2, 0.25) is 0 Å². The zero-order valence-corrected chi connectivity index (χ0v) is 15.9. The zero-order valence-electron chi connectivity index (χ0n) is 15.9. The van der Waals surface area contributed by atoms with E-state index in [0.717, 1.165) is 24.5 Å². The molecule has 0 heterocycles. The number of hydrogen-bond donors (Lipinski definition) is 2. The molecule has 0 unspecified atom stereocenters. The summed E-state index contributed by atoms with van der Waals surface area (Å²) in [7, 11) is 0. The summed E-state index contributed by atoms with van der Waals surface area (Å²) < 4.78 is 0. The smallest absolute Gasteiger partial charge is 0.309 e. The van der Waals surface area contributed by atoms with E-state index in [-0.39, 0.29) is 11.8 Å². The van der Waals surface area contributed by atoms with Gasteiger partial charge >= 0.3 is 5.97 Å². The average Bonchev–Trinajstić information content (AvgIpc) is 2.81. The maximum Gasteiger partial charge on any atom is 0.309 e. The predicted octanol–water partition coefficient (Wildman–Crippen LogP) is 4.00. The summed E-state index contributed by atoms with van der Waals surface area (Å²) in [6, 6.07) is 7.82. The number of rotatable bonds is 6. The van der Waals surface area contributed by atoms with E-state index in [2.05, 4.69) is 24.1 Å². The van der Waals surface area contributed by atoms with Crippen molar-refractivity contribution < 1.29 is 14.7 Å². The molecule has 0 spiro atoms. The fraction of sp³-hybridized carbons (Fsp3) is 0.600. The molecule has 1 amide bonds. The minimum Gasteiger partial charge on any atom is -0.481 e. The Morgan fingerprint density at radius 3 is 2.16 bits per heavy atom. The Labute approximate surface area is 150 Å². The van der Waals surface area contributed by atoms with Crippen LogP contribution in [0.4, 0.5) is 11.4 Å². The fourth-order valence-electron chi connectivity index (χ4n) is 3.92. The molecule has 1 aromatic rings. The predicted molar refractivity (Wildman–Crippen MR) is 101 cm³/mol. The number of amides is 1. The topological polar surface area (TPSA) is 69.6 Å². The number of carbonyl (C=O) groups is 2. The molecule has 1 aliphatic carbocycles. The van der Waals surface area contributed by atoms with Crippen molar-refractivity contribution in [3.8, 4) is 0 Å². The van der Waals surface area contributed by atoms with Crippen molar-refractivity contribution in [1.82, 2.24) is 0 Å². The Hall–Kier alpha value is -2.04. The van der Waals surface area contributed by atoms with Crippen molar-refractivity contribution in [2.24, 2.45) is 16.7 Å². The molecule has 0 radical (unpaired) electrons. The van der Waals surface area contributed by atoms with Crippen molar-refractivity contribution >= 4 is 23.3 Å². The van der Waals surface area contributed by atoms with Crippen molar-refractivity contribution in [2.75, 3.05) is 23.3 Å². The van der Waals surface area contributed by atoms with Crippen LogP contribution in [-0.4, -0.2) is 30.1 Å². The second kappa shape index (κ2) is 7.06. The molecule has 1 aromatic carbocycles. The van der Waals surface area contributed by atoms with Crippen LogP contribution in [-0.2, 0) is 9.59 Å². The summed E-state index contributed by atoms with van der Waals surface area (Å²) in [6.45, 7) is 11.6. The quantitative estimate of drug-likeness (QED) is 0.817. The molecular formula is C20H30N2O3. The molecule has 5 nitrogen and oxygen atoms in total. The van der Waals surface area contributed by atoms with E-state index in [1.807, 2.05) is 38.1 Å². The molecule has 138 valence electrons. The van der Waals surface area contributed by atoms with Crippen molar-refractivity contribution in [3.05, 3.63) is 24.3 Å². The van der Waals surface area contributed by atoms with E-state index in [0.29, 0.717) is 12.8 Å². The number of carbonyl (C=O) groups excluding carboxylic acids is 1. The normalized spacial score (nSPS) is 24.8. The molecular weight excluding hydrogens is 316 g/mol. The van der Waals surface area contributed by atoms with Gasteiger partial charge in [-0.25, -0.2) is 0 Å². The minimum atomic E-state index is -0.873. The number of aliphatic carboxylic acids is 1. The summed E-state index contributed by atoms with van der Waals surface area (Å²) in [6.07, 6.45) is 1.12. The van der Waals surface area contributed by atoms with E-state index >= 15 is 0 Å². The third-order valence-electron chi connectivity index (χ3n) is 6.28. The number of benzene rings is 1. The van der Waals surface area contributed by atoms with Gasteiger partial charge in [0.05, 0.1) is 5.41 Å². The van der Waals surface area contributed by atoms with Crippen molar-refractivity contribution in [3.63, 3.8) is 0 Å². The Kier molecular flexibility index (Phi) is 5.45. The second-order valence-corrected chi connectivity index (χ2v) is 7.66. The molecule has 2 rings (SSSR count). The number of anilines is 2. The first-order valence-corrected chi connectivity index (χ1v) is 9.06. The SMILES string of the molecule is CCN(CC)c1ccc(NC(=O)[C@@H]2CC[C@@](C)(C(=O)O)C2(C)C)cc1. The van der Waals surface area contributed by atoms with Gasteiger partial charge in [-0.1, -0.05) is 13.8 Å². The molecule has 1 saturated carbocycles. The van der Waals surface area contributed by atoms with Crippen molar-refractivity contribution in [2.45, 2.75) is 47.5 Å². The summed E-state index contributed by atoms with van der Waals surface area (Å²) >= 11 is 0. The van der Waals surface area contributed by atoms with Crippen LogP contribution in [0.5, 0.6) is 0 Å². The summed E-state index contributed by atoms with van der Waals surface area (Å²) in [4.78, 5) is 26.7. The highest BCUT2D eigenvalue weighted by molar-refractivity contribution is 5.94. The van der Waals surface area contributed by atoms with Gasteiger partial charge in [-0.2, -0.15) is 0 Å². The number of hydrogen-bond acceptors (Lipinski definition) is 3. The maximum atomic E-state index is 12.8. The molecule has 1 fully saturated rings. The number of nitrogens with zero attached hydrogens (tertiary/aromatic N) is 1. The van der Waals surface area contributed by atoms with Gasteiger partial charge < -0.3 is 15.3 Å². The molecule has 0 saturated heterocycles. The van der Waals surface area contributed by atoms with Crippen LogP contribution in [0, 0.1) is 16.7 Å². The Balaban J connectivity index is 2.11. The second-order valence-electron chi connectivity index (χ2n) is 7.66. The van der Waals surface area contributed by atoms with Crippen LogP contribution in [0.15, 0.2) is 24.3 Å². The van der Waals surface area contributed by atoms with E-state index in [1.165, 1.54) is 0 Å². The lowest BCUT2D eigenvalue weighted by Crippen LogP contribution is -2.43. The van der Waals surface area contributed by atoms with Gasteiger partial charge in [0, 0.05) is 30.4 Å². The van der Waals surface area contributed by atoms with Crippen LogP contribution >= 0.6 is 0 Å². The molecule has 1 aliphatic rings. The highest BCUT2D eigenvalue weighted by atomic mass is 16.4. The molecule has 5 heteroatoms. The first-order valence-electron chi connectivity index (χ1n) is 9.06. The first-order chi connectivity index (χ1) is 11.7. The minimum absolute atomic E-state index is 0.0921. The van der Waals surface area contributed by atoms with E-state index < -0.39 is 16.8 Å². The van der Waals surface area contributed by atoms with Gasteiger partial charge in [0.1, 0.15) is 0 Å². The Morgan fingerprint density at radius 1 is 1.16 bits per heavy atom.